The van der Waals surface area contributed by atoms with Crippen LogP contribution in [0.3, 0.4) is 0 Å². The molecule has 0 fully saturated rings. The molecule has 0 radical (unpaired) electrons. The van der Waals surface area contributed by atoms with Gasteiger partial charge in [-0.2, -0.15) is 0 Å². The zero-order chi connectivity index (χ0) is 31.1. The number of hydrogen-bond donors (Lipinski definition) is 1. The van der Waals surface area contributed by atoms with E-state index in [0.717, 1.165) is 30.3 Å². The van der Waals surface area contributed by atoms with Crippen LogP contribution in [-0.2, 0) is 13.0 Å². The van der Waals surface area contributed by atoms with Gasteiger partial charge in [-0.25, -0.2) is 9.97 Å². The number of nitrogens with zero attached hydrogens (tertiary/aromatic N) is 6. The minimum Gasteiger partial charge on any atom is -0.494 e. The first-order valence-corrected chi connectivity index (χ1v) is 11.8. The van der Waals surface area contributed by atoms with E-state index >= 15 is 0 Å². The van der Waals surface area contributed by atoms with Crippen LogP contribution in [-0.4, -0.2) is 65.6 Å². The average molecular weight is 508 g/mol. The molecular formula is C27H31N7O3. The van der Waals surface area contributed by atoms with Crippen LogP contribution < -0.4 is 15.0 Å². The van der Waals surface area contributed by atoms with Gasteiger partial charge in [0.2, 0.25) is 5.95 Å². The van der Waals surface area contributed by atoms with Crippen molar-refractivity contribution in [3.8, 4) is 17.0 Å². The van der Waals surface area contributed by atoms with Gasteiger partial charge in [0, 0.05) is 70.4 Å². The van der Waals surface area contributed by atoms with Crippen LogP contribution in [0.4, 0.5) is 23.0 Å². The second kappa shape index (κ2) is 10.1. The summed E-state index contributed by atoms with van der Waals surface area (Å²) < 4.78 is 53.2. The topological polar surface area (TPSA) is 102 Å². The fourth-order valence-electron chi connectivity index (χ4n) is 4.80. The van der Waals surface area contributed by atoms with E-state index in [1.54, 1.807) is 6.20 Å². The van der Waals surface area contributed by atoms with E-state index in [-0.39, 0.29) is 41.8 Å². The number of aromatic nitrogens is 3. The Morgan fingerprint density at radius 1 is 1.27 bits per heavy atom. The Bertz CT molecular complexity index is 1660. The molecule has 2 aromatic heterocycles. The molecule has 2 aromatic carbocycles. The first-order valence-electron chi connectivity index (χ1n) is 14.8. The van der Waals surface area contributed by atoms with Gasteiger partial charge in [0.05, 0.1) is 28.9 Å². The number of likely N-dealkylation sites (N-methyl/N-ethyl adjacent to an activating group) is 2. The minimum atomic E-state index is -2.87. The third-order valence-corrected chi connectivity index (χ3v) is 6.57. The highest BCUT2D eigenvalue weighted by molar-refractivity contribution is 5.97. The maximum absolute atomic E-state index is 12.1. The van der Waals surface area contributed by atoms with Crippen molar-refractivity contribution in [2.45, 2.75) is 19.4 Å². The van der Waals surface area contributed by atoms with E-state index in [4.69, 9.17) is 17.9 Å². The number of nitro benzene ring substituents is 1. The molecule has 0 bridgehead atoms. The lowest BCUT2D eigenvalue weighted by atomic mass is 10.0. The van der Waals surface area contributed by atoms with Crippen molar-refractivity contribution in [2.24, 2.45) is 0 Å². The summed E-state index contributed by atoms with van der Waals surface area (Å²) in [7, 11) is 2.92. The molecular weight excluding hydrogens is 470 g/mol. The smallest absolute Gasteiger partial charge is 0.294 e. The molecule has 0 atom stereocenters. The Kier molecular flexibility index (Phi) is 4.93. The molecule has 0 aliphatic carbocycles. The second-order valence-corrected chi connectivity index (χ2v) is 8.92. The van der Waals surface area contributed by atoms with E-state index in [9.17, 15) is 10.1 Å². The molecule has 5 rings (SSSR count). The number of nitro groups is 1. The van der Waals surface area contributed by atoms with E-state index in [0.29, 0.717) is 10.6 Å². The number of para-hydroxylation sites is 1. The molecule has 3 heterocycles. The summed E-state index contributed by atoms with van der Waals surface area (Å²) in [5.41, 5.74) is 4.22. The Morgan fingerprint density at radius 2 is 2.14 bits per heavy atom. The molecule has 0 spiro atoms. The summed E-state index contributed by atoms with van der Waals surface area (Å²) in [4.78, 5) is 22.4. The van der Waals surface area contributed by atoms with Crippen LogP contribution in [0, 0.1) is 10.1 Å². The molecule has 1 aliphatic rings. The first kappa shape index (κ1) is 18.1. The zero-order valence-electron chi connectivity index (χ0n) is 26.6. The number of nitrogens with one attached hydrogen (secondary N) is 1. The monoisotopic (exact) mass is 507 g/mol. The van der Waals surface area contributed by atoms with Crippen molar-refractivity contribution in [1.82, 2.24) is 19.4 Å². The number of ether oxygens (including phenoxy) is 1. The predicted molar refractivity (Wildman–Crippen MR) is 146 cm³/mol. The summed E-state index contributed by atoms with van der Waals surface area (Å²) in [6.07, 6.45) is 5.80. The Labute approximate surface area is 224 Å². The van der Waals surface area contributed by atoms with Crippen molar-refractivity contribution in [3.63, 3.8) is 0 Å². The zero-order valence-corrected chi connectivity index (χ0v) is 20.6. The summed E-state index contributed by atoms with van der Waals surface area (Å²) in [6, 6.07) is 10.8. The molecule has 192 valence electrons. The summed E-state index contributed by atoms with van der Waals surface area (Å²) >= 11 is 0. The lowest BCUT2D eigenvalue weighted by molar-refractivity contribution is -0.384. The lowest BCUT2D eigenvalue weighted by Crippen LogP contribution is -2.28. The molecule has 0 saturated carbocycles. The van der Waals surface area contributed by atoms with Crippen molar-refractivity contribution >= 4 is 33.9 Å². The molecule has 37 heavy (non-hydrogen) atoms. The van der Waals surface area contributed by atoms with Gasteiger partial charge < -0.3 is 24.4 Å². The van der Waals surface area contributed by atoms with Crippen molar-refractivity contribution < 1.29 is 17.9 Å². The van der Waals surface area contributed by atoms with E-state index in [1.165, 1.54) is 42.3 Å². The number of hydrogen-bond acceptors (Lipinski definition) is 8. The Morgan fingerprint density at radius 3 is 2.92 bits per heavy atom. The number of rotatable bonds is 9. The predicted octanol–water partition coefficient (Wildman–Crippen LogP) is 4.70. The molecule has 0 amide bonds. The fourth-order valence-corrected chi connectivity index (χ4v) is 4.80. The quantitative estimate of drug-likeness (QED) is 0.257. The number of anilines is 3. The highest BCUT2D eigenvalue weighted by Crippen LogP contribution is 2.39. The summed E-state index contributed by atoms with van der Waals surface area (Å²) in [5.74, 6) is 0.459. The highest BCUT2D eigenvalue weighted by Gasteiger charge is 2.23. The van der Waals surface area contributed by atoms with Crippen LogP contribution in [0.2, 0.25) is 0 Å². The van der Waals surface area contributed by atoms with Gasteiger partial charge in [-0.15, -0.1) is 0 Å². The van der Waals surface area contributed by atoms with Crippen molar-refractivity contribution in [3.05, 3.63) is 64.5 Å². The van der Waals surface area contributed by atoms with Gasteiger partial charge in [-0.05, 0) is 38.4 Å². The van der Waals surface area contributed by atoms with E-state index in [1.807, 2.05) is 12.1 Å². The van der Waals surface area contributed by atoms with Crippen molar-refractivity contribution in [2.75, 3.05) is 51.4 Å². The van der Waals surface area contributed by atoms with Gasteiger partial charge >= 0.3 is 0 Å². The van der Waals surface area contributed by atoms with Crippen LogP contribution >= 0.6 is 0 Å². The number of aryl methyl sites for hydroxylation is 2. The third kappa shape index (κ3) is 4.79. The van der Waals surface area contributed by atoms with Gasteiger partial charge in [-0.3, -0.25) is 10.1 Å². The first-order chi connectivity index (χ1) is 20.3. The van der Waals surface area contributed by atoms with Crippen LogP contribution in [0.15, 0.2) is 48.8 Å². The molecule has 0 saturated heterocycles. The van der Waals surface area contributed by atoms with Crippen LogP contribution in [0.1, 0.15) is 20.2 Å². The molecule has 4 aromatic rings. The van der Waals surface area contributed by atoms with Gasteiger partial charge in [0.1, 0.15) is 11.4 Å². The summed E-state index contributed by atoms with van der Waals surface area (Å²) in [6.45, 7) is -5.32. The summed E-state index contributed by atoms with van der Waals surface area (Å²) in [5, 5.41) is 16.2. The standard InChI is InChI=1S/C27H31N7O3/c1-31(2)13-14-32(3)23-16-25(37-4)22(15-24(23)34(35)36)30-27-28-11-10-21(29-27)20-17-33-12-6-8-18-7-5-9-19(20)26(18)33/h5,7,9-11,15-17H,6,8,12-14H2,1-4H3,(H,28,29,30)/i1D3,2D3. The van der Waals surface area contributed by atoms with E-state index < -0.39 is 18.9 Å². The molecule has 10 heteroatoms. The number of methoxy groups -OCH3 is 1. The van der Waals surface area contributed by atoms with Crippen molar-refractivity contribution in [1.29, 1.82) is 0 Å². The highest BCUT2D eigenvalue weighted by atomic mass is 16.6. The van der Waals surface area contributed by atoms with Gasteiger partial charge in [0.15, 0.2) is 0 Å². The van der Waals surface area contributed by atoms with Gasteiger partial charge in [0.25, 0.3) is 5.69 Å². The van der Waals surface area contributed by atoms with Crippen LogP contribution in [0.25, 0.3) is 22.2 Å². The molecule has 0 unspecified atom stereocenters. The van der Waals surface area contributed by atoms with Gasteiger partial charge in [-0.1, -0.05) is 18.2 Å². The largest absolute Gasteiger partial charge is 0.494 e. The molecule has 10 nitrogen and oxygen atoms in total. The Hall–Kier alpha value is -4.18. The maximum Gasteiger partial charge on any atom is 0.294 e. The maximum atomic E-state index is 12.1. The third-order valence-electron chi connectivity index (χ3n) is 6.57. The normalized spacial score (nSPS) is 15.8. The molecule has 1 N–H and O–H groups in total. The lowest BCUT2D eigenvalue weighted by Gasteiger charge is -2.22. The van der Waals surface area contributed by atoms with Crippen LogP contribution in [0.5, 0.6) is 5.75 Å². The number of benzene rings is 2. The Balaban J connectivity index is 1.44. The van der Waals surface area contributed by atoms with E-state index in [2.05, 4.69) is 33.2 Å². The average Bonchev–Trinajstić information content (AvgIpc) is 3.32. The second-order valence-electron chi connectivity index (χ2n) is 8.92. The SMILES string of the molecule is [2H]C([2H])([2H])N(CCN(C)c1cc(OC)c(Nc2nccc(-c3cn4c5c(cccc35)CCC4)n2)cc1[N+](=O)[O-])C([2H])([2H])[2H]. The molecule has 1 aliphatic heterocycles. The fraction of sp³-hybridized carbons (Fsp3) is 0.333. The minimum absolute atomic E-state index is 0.117.